The summed E-state index contributed by atoms with van der Waals surface area (Å²) in [6, 6.07) is 8.25. The molecule has 1 amide bonds. The lowest BCUT2D eigenvalue weighted by Crippen LogP contribution is -2.43. The third-order valence-corrected chi connectivity index (χ3v) is 11.1. The number of aromatic nitrogens is 3. The fraction of sp³-hybridized carbons (Fsp3) is 0.432. The summed E-state index contributed by atoms with van der Waals surface area (Å²) >= 11 is 6.41. The highest BCUT2D eigenvalue weighted by molar-refractivity contribution is 6.36. The number of likely N-dealkylation sites (tertiary alicyclic amines) is 1. The largest absolute Gasteiger partial charge is 0.443 e. The molecule has 0 aliphatic carbocycles. The summed E-state index contributed by atoms with van der Waals surface area (Å²) in [6.45, 7) is 3.48. The molecule has 50 heavy (non-hydrogen) atoms. The van der Waals surface area contributed by atoms with Gasteiger partial charge in [-0.1, -0.05) is 41.9 Å². The quantitative estimate of drug-likeness (QED) is 0.140. The first-order chi connectivity index (χ1) is 24.2. The van der Waals surface area contributed by atoms with E-state index in [1.165, 1.54) is 12.3 Å². The minimum absolute atomic E-state index is 0.0181. The Kier molecular flexibility index (Phi) is 8.73. The summed E-state index contributed by atoms with van der Waals surface area (Å²) in [5.74, 6) is -0.958. The van der Waals surface area contributed by atoms with Gasteiger partial charge in [0.2, 0.25) is 5.91 Å². The first-order valence-corrected chi connectivity index (χ1v) is 17.6. The molecule has 4 aliphatic heterocycles. The Bertz CT molecular complexity index is 2060. The fourth-order valence-corrected chi connectivity index (χ4v) is 8.25. The third kappa shape index (κ3) is 6.01. The van der Waals surface area contributed by atoms with Gasteiger partial charge >= 0.3 is 11.8 Å². The van der Waals surface area contributed by atoms with E-state index in [1.54, 1.807) is 30.3 Å². The van der Waals surface area contributed by atoms with Crippen LogP contribution in [-0.4, -0.2) is 106 Å². The van der Waals surface area contributed by atoms with Gasteiger partial charge in [0.25, 0.3) is 0 Å². The predicted molar refractivity (Wildman–Crippen MR) is 186 cm³/mol. The van der Waals surface area contributed by atoms with Gasteiger partial charge in [-0.25, -0.2) is 17.7 Å². The topological polar surface area (TPSA) is 86.5 Å². The van der Waals surface area contributed by atoms with Crippen LogP contribution in [0.3, 0.4) is 0 Å². The Labute approximate surface area is 292 Å². The Morgan fingerprint density at radius 3 is 2.86 bits per heavy atom. The second-order valence-electron chi connectivity index (χ2n) is 13.9. The fourth-order valence-electron chi connectivity index (χ4n) is 7.97. The summed E-state index contributed by atoms with van der Waals surface area (Å²) in [4.78, 5) is 30.6. The molecule has 6 heterocycles. The molecule has 2 aromatic carbocycles. The molecule has 4 atom stereocenters. The highest BCUT2D eigenvalue weighted by Crippen LogP contribution is 2.41. The molecule has 8 rings (SSSR count). The number of carbonyl (C=O) groups is 1. The van der Waals surface area contributed by atoms with Crippen molar-refractivity contribution in [3.63, 3.8) is 0 Å². The average Bonchev–Trinajstić information content (AvgIpc) is 3.79. The maximum absolute atomic E-state index is 16.8. The second-order valence-corrected chi connectivity index (χ2v) is 14.3. The molecule has 2 unspecified atom stereocenters. The summed E-state index contributed by atoms with van der Waals surface area (Å²) in [5, 5.41) is 4.48. The van der Waals surface area contributed by atoms with Crippen molar-refractivity contribution < 1.29 is 27.3 Å². The maximum Gasteiger partial charge on any atom is 0.434 e. The lowest BCUT2D eigenvalue weighted by molar-refractivity contribution is -0.405. The van der Waals surface area contributed by atoms with E-state index in [9.17, 15) is 13.6 Å². The highest BCUT2D eigenvalue weighted by Gasteiger charge is 2.49. The molecule has 4 aliphatic rings. The summed E-state index contributed by atoms with van der Waals surface area (Å²) in [6.07, 6.45) is 10.0. The number of alkyl halides is 1. The molecule has 4 saturated heterocycles. The predicted octanol–water partition coefficient (Wildman–Crippen LogP) is 5.84. The minimum atomic E-state index is -0.931. The van der Waals surface area contributed by atoms with E-state index in [2.05, 4.69) is 20.2 Å². The van der Waals surface area contributed by atoms with E-state index in [4.69, 9.17) is 21.3 Å². The van der Waals surface area contributed by atoms with Crippen LogP contribution in [-0.2, 0) is 4.79 Å². The zero-order valence-electron chi connectivity index (χ0n) is 27.7. The number of nitrogens with one attached hydrogen (secondary N) is 1. The lowest BCUT2D eigenvalue weighted by atomic mass is 9.95. The smallest absolute Gasteiger partial charge is 0.434 e. The molecular formula is C37H38ClF3N7O2+. The van der Waals surface area contributed by atoms with Crippen LogP contribution in [0.5, 0.6) is 6.01 Å². The minimum Gasteiger partial charge on any atom is -0.443 e. The standard InChI is InChI=1S/C37H38ClF3N7O2/c1-46(18-22-11-15-47(19-22)29(49)9-7-25-10-13-42-25)35-27-17-43-33(26-5-2-4-23-6-8-28(40)31(38)30(23)26)32(41)34(27)44-36(45-35)50-21-37-12-3-14-48(37)20-24(39)16-37/h2,4-9,17-18,22,24-25,42H,3,10-16,19-21H2,1H3/q+1/b9-7+,46-18-/t22?,24-,25?,37+/m1/s1. The van der Waals surface area contributed by atoms with Crippen molar-refractivity contribution in [2.24, 2.45) is 5.92 Å². The third-order valence-electron chi connectivity index (χ3n) is 10.7. The van der Waals surface area contributed by atoms with Gasteiger partial charge in [-0.2, -0.15) is 4.98 Å². The van der Waals surface area contributed by atoms with E-state index in [1.807, 2.05) is 28.8 Å². The van der Waals surface area contributed by atoms with Gasteiger partial charge < -0.3 is 15.0 Å². The maximum atomic E-state index is 16.8. The molecule has 4 aromatic rings. The van der Waals surface area contributed by atoms with Gasteiger partial charge in [0.15, 0.2) is 5.82 Å². The number of benzene rings is 2. The molecule has 4 fully saturated rings. The van der Waals surface area contributed by atoms with Crippen LogP contribution in [0.1, 0.15) is 32.1 Å². The van der Waals surface area contributed by atoms with Crippen molar-refractivity contribution in [1.82, 2.24) is 30.1 Å². The number of ether oxygens (including phenoxy) is 1. The van der Waals surface area contributed by atoms with E-state index in [0.29, 0.717) is 53.6 Å². The second kappa shape index (κ2) is 13.2. The first kappa shape index (κ1) is 33.0. The normalized spacial score (nSPS) is 25.6. The Balaban J connectivity index is 1.16. The van der Waals surface area contributed by atoms with Crippen molar-refractivity contribution >= 4 is 51.2 Å². The van der Waals surface area contributed by atoms with E-state index < -0.39 is 23.3 Å². The molecule has 9 nitrogen and oxygen atoms in total. The van der Waals surface area contributed by atoms with Gasteiger partial charge in [0, 0.05) is 66.2 Å². The molecule has 0 radical (unpaired) electrons. The molecule has 0 bridgehead atoms. The molecule has 1 N–H and O–H groups in total. The number of rotatable bonds is 8. The van der Waals surface area contributed by atoms with Gasteiger partial charge in [0.1, 0.15) is 35.2 Å². The molecule has 2 aromatic heterocycles. The molecule has 260 valence electrons. The number of pyridine rings is 1. The number of carbonyl (C=O) groups excluding carboxylic acids is 1. The summed E-state index contributed by atoms with van der Waals surface area (Å²) in [7, 11) is 1.82. The number of halogens is 4. The number of fused-ring (bicyclic) bond motifs is 3. The van der Waals surface area contributed by atoms with Crippen LogP contribution >= 0.6 is 11.6 Å². The van der Waals surface area contributed by atoms with Crippen molar-refractivity contribution in [2.75, 3.05) is 46.4 Å². The van der Waals surface area contributed by atoms with Crippen LogP contribution < -0.4 is 10.1 Å². The van der Waals surface area contributed by atoms with Crippen molar-refractivity contribution in [1.29, 1.82) is 0 Å². The van der Waals surface area contributed by atoms with Gasteiger partial charge in [-0.15, -0.1) is 0 Å². The molecular weight excluding hydrogens is 667 g/mol. The van der Waals surface area contributed by atoms with E-state index in [0.717, 1.165) is 38.8 Å². The van der Waals surface area contributed by atoms with Gasteiger partial charge in [-0.05, 0) is 50.2 Å². The SMILES string of the molecule is C/[N+](=C/C1CCN(C(=O)/C=C/C2CCN2)C1)c1nc(OC[C@@]23CCCN2C[C@H](F)C3)nc2c(F)c(-c3cccc4ccc(F)c(Cl)c34)ncc12. The average molecular weight is 705 g/mol. The van der Waals surface area contributed by atoms with Crippen molar-refractivity contribution in [2.45, 2.75) is 49.9 Å². The Hall–Kier alpha value is -4.13. The van der Waals surface area contributed by atoms with Crippen LogP contribution in [0.15, 0.2) is 48.7 Å². The first-order valence-electron chi connectivity index (χ1n) is 17.2. The van der Waals surface area contributed by atoms with Gasteiger partial charge in [0.05, 0.1) is 23.8 Å². The van der Waals surface area contributed by atoms with E-state index >= 15 is 4.39 Å². The van der Waals surface area contributed by atoms with Crippen LogP contribution in [0.4, 0.5) is 19.0 Å². The number of hydrogen-bond donors (Lipinski definition) is 1. The monoisotopic (exact) mass is 704 g/mol. The number of hydrogen-bond acceptors (Lipinski definition) is 7. The number of amides is 1. The van der Waals surface area contributed by atoms with Crippen LogP contribution in [0.2, 0.25) is 5.02 Å². The lowest BCUT2D eigenvalue weighted by Gasteiger charge is -2.30. The van der Waals surface area contributed by atoms with Crippen molar-refractivity contribution in [3.8, 4) is 17.3 Å². The van der Waals surface area contributed by atoms with E-state index in [-0.39, 0.29) is 46.7 Å². The number of nitrogens with zero attached hydrogens (tertiary/aromatic N) is 6. The van der Waals surface area contributed by atoms with Crippen LogP contribution in [0, 0.1) is 17.6 Å². The summed E-state index contributed by atoms with van der Waals surface area (Å²) < 4.78 is 53.9. The zero-order valence-corrected chi connectivity index (χ0v) is 28.5. The van der Waals surface area contributed by atoms with Crippen molar-refractivity contribution in [3.05, 3.63) is 65.3 Å². The molecule has 0 spiro atoms. The highest BCUT2D eigenvalue weighted by atomic mass is 35.5. The van der Waals surface area contributed by atoms with Gasteiger partial charge in [-0.3, -0.25) is 14.7 Å². The summed E-state index contributed by atoms with van der Waals surface area (Å²) in [5.41, 5.74) is -0.185. The molecule has 13 heteroatoms. The zero-order chi connectivity index (χ0) is 34.6. The molecule has 0 saturated carbocycles. The van der Waals surface area contributed by atoms with Crippen LogP contribution in [0.25, 0.3) is 32.9 Å². The Morgan fingerprint density at radius 1 is 1.18 bits per heavy atom. The Morgan fingerprint density at radius 2 is 2.04 bits per heavy atom.